The predicted molar refractivity (Wildman–Crippen MR) is 73.0 cm³/mol. The molecule has 0 bridgehead atoms. The van der Waals surface area contributed by atoms with Crippen LogP contribution >= 0.6 is 0 Å². The molecule has 0 saturated heterocycles. The van der Waals surface area contributed by atoms with Crippen molar-refractivity contribution in [1.82, 2.24) is 0 Å². The van der Waals surface area contributed by atoms with Gasteiger partial charge in [-0.2, -0.15) is 0 Å². The van der Waals surface area contributed by atoms with Crippen LogP contribution in [0.4, 0.5) is 8.78 Å². The Morgan fingerprint density at radius 3 is 1.80 bits per heavy atom. The molecule has 0 fully saturated rings. The van der Waals surface area contributed by atoms with Gasteiger partial charge in [0, 0.05) is 11.8 Å². The normalized spacial score (nSPS) is 12.4. The second kappa shape index (κ2) is 5.82. The van der Waals surface area contributed by atoms with E-state index in [4.69, 9.17) is 5.73 Å². The third-order valence-electron chi connectivity index (χ3n) is 3.36. The Kier molecular flexibility index (Phi) is 4.13. The maximum atomic E-state index is 13.4. The van der Waals surface area contributed by atoms with E-state index >= 15 is 0 Å². The molecule has 0 aliphatic carbocycles. The summed E-state index contributed by atoms with van der Waals surface area (Å²) in [5, 5.41) is 0. The molecule has 0 unspecified atom stereocenters. The summed E-state index contributed by atoms with van der Waals surface area (Å²) in [6.07, 6.45) is 0. The number of benzene rings is 2. The molecule has 1 atom stereocenters. The number of carbonyl (C=O) groups excluding carboxylic acids is 1. The highest BCUT2D eigenvalue weighted by atomic mass is 19.1. The average Bonchev–Trinajstić information content (AvgIpc) is 2.39. The monoisotopic (exact) mass is 275 g/mol. The van der Waals surface area contributed by atoms with Crippen LogP contribution in [0.15, 0.2) is 48.5 Å². The molecule has 4 heteroatoms. The Morgan fingerprint density at radius 1 is 1.00 bits per heavy atom. The molecular weight excluding hydrogens is 260 g/mol. The van der Waals surface area contributed by atoms with Gasteiger partial charge >= 0.3 is 0 Å². The van der Waals surface area contributed by atoms with Gasteiger partial charge in [0.25, 0.3) is 0 Å². The fraction of sp³-hybridized carbons (Fsp3) is 0.188. The smallest absolute Gasteiger partial charge is 0.221 e. The zero-order valence-corrected chi connectivity index (χ0v) is 11.0. The molecule has 0 spiro atoms. The molecule has 2 aromatic rings. The largest absolute Gasteiger partial charge is 0.369 e. The van der Waals surface area contributed by atoms with Gasteiger partial charge in [-0.3, -0.25) is 4.79 Å². The molecule has 2 N–H and O–H groups in total. The minimum atomic E-state index is -0.571. The van der Waals surface area contributed by atoms with Gasteiger partial charge in [-0.05, 0) is 35.4 Å². The molecular formula is C16H15F2NO. The van der Waals surface area contributed by atoms with E-state index in [2.05, 4.69) is 0 Å². The summed E-state index contributed by atoms with van der Waals surface area (Å²) in [7, 11) is 0. The Morgan fingerprint density at radius 2 is 1.45 bits per heavy atom. The van der Waals surface area contributed by atoms with Crippen LogP contribution in [0.25, 0.3) is 0 Å². The Bertz CT molecular complexity index is 582. The fourth-order valence-electron chi connectivity index (χ4n) is 2.33. The lowest BCUT2D eigenvalue weighted by Crippen LogP contribution is -2.27. The molecule has 0 aromatic heterocycles. The van der Waals surface area contributed by atoms with E-state index in [-0.39, 0.29) is 0 Å². The standard InChI is InChI=1S/C16H15F2NO/c1-10(16(19)20)15(11-4-2-6-13(17)8-11)12-5-3-7-14(18)9-12/h2-10,15H,1H3,(H2,19,20)/t10-/m1/s1. The van der Waals surface area contributed by atoms with Crippen molar-refractivity contribution in [3.05, 3.63) is 71.3 Å². The first-order chi connectivity index (χ1) is 9.49. The van der Waals surface area contributed by atoms with E-state index in [9.17, 15) is 13.6 Å². The SMILES string of the molecule is C[C@@H](C(N)=O)C(c1cccc(F)c1)c1cccc(F)c1. The molecule has 0 aliphatic rings. The van der Waals surface area contributed by atoms with Crippen LogP contribution in [0, 0.1) is 17.6 Å². The van der Waals surface area contributed by atoms with Crippen molar-refractivity contribution in [3.63, 3.8) is 0 Å². The number of carbonyl (C=O) groups is 1. The van der Waals surface area contributed by atoms with Gasteiger partial charge in [0.2, 0.25) is 5.91 Å². The Hall–Kier alpha value is -2.23. The third-order valence-corrected chi connectivity index (χ3v) is 3.36. The first-order valence-corrected chi connectivity index (χ1v) is 6.29. The molecule has 104 valence electrons. The van der Waals surface area contributed by atoms with Crippen molar-refractivity contribution in [1.29, 1.82) is 0 Å². The van der Waals surface area contributed by atoms with Crippen molar-refractivity contribution in [3.8, 4) is 0 Å². The maximum absolute atomic E-state index is 13.4. The number of primary amides is 1. The predicted octanol–water partition coefficient (Wildman–Crippen LogP) is 3.22. The topological polar surface area (TPSA) is 43.1 Å². The van der Waals surface area contributed by atoms with Gasteiger partial charge in [-0.15, -0.1) is 0 Å². The van der Waals surface area contributed by atoms with Gasteiger partial charge < -0.3 is 5.73 Å². The fourth-order valence-corrected chi connectivity index (χ4v) is 2.33. The molecule has 0 aliphatic heterocycles. The van der Waals surface area contributed by atoms with Crippen LogP contribution in [-0.2, 0) is 4.79 Å². The van der Waals surface area contributed by atoms with E-state index in [1.807, 2.05) is 0 Å². The van der Waals surface area contributed by atoms with Gasteiger partial charge in [0.15, 0.2) is 0 Å². The molecule has 0 radical (unpaired) electrons. The van der Waals surface area contributed by atoms with Gasteiger partial charge in [-0.1, -0.05) is 31.2 Å². The summed E-state index contributed by atoms with van der Waals surface area (Å²) in [5.74, 6) is -2.36. The lowest BCUT2D eigenvalue weighted by molar-refractivity contribution is -0.121. The van der Waals surface area contributed by atoms with Crippen LogP contribution in [0.2, 0.25) is 0 Å². The lowest BCUT2D eigenvalue weighted by atomic mass is 9.81. The summed E-state index contributed by atoms with van der Waals surface area (Å²) in [6.45, 7) is 1.66. The number of amides is 1. The Balaban J connectivity index is 2.53. The van der Waals surface area contributed by atoms with E-state index in [1.54, 1.807) is 31.2 Å². The number of hydrogen-bond donors (Lipinski definition) is 1. The molecule has 2 aromatic carbocycles. The van der Waals surface area contributed by atoms with E-state index in [0.717, 1.165) is 0 Å². The quantitative estimate of drug-likeness (QED) is 0.914. The van der Waals surface area contributed by atoms with Crippen molar-refractivity contribution in [2.75, 3.05) is 0 Å². The first-order valence-electron chi connectivity index (χ1n) is 6.29. The molecule has 0 heterocycles. The lowest BCUT2D eigenvalue weighted by Gasteiger charge is -2.23. The third kappa shape index (κ3) is 3.02. The van der Waals surface area contributed by atoms with Gasteiger partial charge in [0.1, 0.15) is 11.6 Å². The molecule has 2 rings (SSSR count). The van der Waals surface area contributed by atoms with E-state index in [0.29, 0.717) is 11.1 Å². The summed E-state index contributed by atoms with van der Waals surface area (Å²) >= 11 is 0. The summed E-state index contributed by atoms with van der Waals surface area (Å²) in [4.78, 5) is 11.5. The summed E-state index contributed by atoms with van der Waals surface area (Å²) in [5.41, 5.74) is 6.56. The van der Waals surface area contributed by atoms with Crippen LogP contribution in [0.3, 0.4) is 0 Å². The van der Waals surface area contributed by atoms with Crippen LogP contribution < -0.4 is 5.73 Å². The number of halogens is 2. The number of rotatable bonds is 4. The minimum absolute atomic E-state index is 0.402. The molecule has 1 amide bonds. The van der Waals surface area contributed by atoms with Crippen molar-refractivity contribution >= 4 is 5.91 Å². The summed E-state index contributed by atoms with van der Waals surface area (Å²) < 4.78 is 26.8. The highest BCUT2D eigenvalue weighted by Crippen LogP contribution is 2.32. The van der Waals surface area contributed by atoms with Gasteiger partial charge in [-0.25, -0.2) is 8.78 Å². The van der Waals surface area contributed by atoms with Crippen LogP contribution in [0.5, 0.6) is 0 Å². The van der Waals surface area contributed by atoms with Crippen LogP contribution in [-0.4, -0.2) is 5.91 Å². The van der Waals surface area contributed by atoms with Crippen molar-refractivity contribution in [2.45, 2.75) is 12.8 Å². The number of nitrogens with two attached hydrogens (primary N) is 1. The second-order valence-electron chi connectivity index (χ2n) is 4.78. The number of hydrogen-bond acceptors (Lipinski definition) is 1. The van der Waals surface area contributed by atoms with Crippen molar-refractivity contribution < 1.29 is 13.6 Å². The molecule has 20 heavy (non-hydrogen) atoms. The molecule has 2 nitrogen and oxygen atoms in total. The van der Waals surface area contributed by atoms with E-state index < -0.39 is 29.4 Å². The highest BCUT2D eigenvalue weighted by molar-refractivity contribution is 5.78. The minimum Gasteiger partial charge on any atom is -0.369 e. The average molecular weight is 275 g/mol. The zero-order chi connectivity index (χ0) is 14.7. The first kappa shape index (κ1) is 14.2. The maximum Gasteiger partial charge on any atom is 0.221 e. The second-order valence-corrected chi connectivity index (χ2v) is 4.78. The zero-order valence-electron chi connectivity index (χ0n) is 11.0. The van der Waals surface area contributed by atoms with Crippen molar-refractivity contribution in [2.24, 2.45) is 11.7 Å². The summed E-state index contributed by atoms with van der Waals surface area (Å²) in [6, 6.07) is 11.9. The van der Waals surface area contributed by atoms with Gasteiger partial charge in [0.05, 0.1) is 0 Å². The highest BCUT2D eigenvalue weighted by Gasteiger charge is 2.26. The van der Waals surface area contributed by atoms with Crippen LogP contribution in [0.1, 0.15) is 24.0 Å². The van der Waals surface area contributed by atoms with E-state index in [1.165, 1.54) is 24.3 Å². The Labute approximate surface area is 116 Å². The molecule has 0 saturated carbocycles.